The van der Waals surface area contributed by atoms with Gasteiger partial charge in [0.05, 0.1) is 30.2 Å². The number of nitrogen functional groups attached to an aromatic ring is 1. The van der Waals surface area contributed by atoms with Gasteiger partial charge in [-0.05, 0) is 11.4 Å². The predicted molar refractivity (Wildman–Crippen MR) is 92.8 cm³/mol. The molecule has 26 heavy (non-hydrogen) atoms. The average molecular weight is 376 g/mol. The lowest BCUT2D eigenvalue weighted by Crippen LogP contribution is -2.28. The van der Waals surface area contributed by atoms with E-state index in [4.69, 9.17) is 10.5 Å². The van der Waals surface area contributed by atoms with Crippen molar-refractivity contribution in [3.8, 4) is 16.9 Å². The molecule has 10 nitrogen and oxygen atoms in total. The lowest BCUT2D eigenvalue weighted by atomic mass is 10.2. The first-order valence-electron chi connectivity index (χ1n) is 7.85. The van der Waals surface area contributed by atoms with Crippen LogP contribution < -0.4 is 11.4 Å². The van der Waals surface area contributed by atoms with Crippen LogP contribution in [0.3, 0.4) is 0 Å². The molecule has 0 spiro atoms. The maximum absolute atomic E-state index is 12.2. The third-order valence-electron chi connectivity index (χ3n) is 4.22. The molecular weight excluding hydrogens is 360 g/mol. The van der Waals surface area contributed by atoms with Gasteiger partial charge in [0, 0.05) is 18.0 Å². The summed E-state index contributed by atoms with van der Waals surface area (Å²) in [6.45, 7) is -0.337. The van der Waals surface area contributed by atoms with Crippen LogP contribution in [0.2, 0.25) is 0 Å². The van der Waals surface area contributed by atoms with Gasteiger partial charge >= 0.3 is 5.69 Å². The monoisotopic (exact) mass is 376 g/mol. The number of ether oxygens (including phenoxy) is 1. The van der Waals surface area contributed by atoms with Gasteiger partial charge in [-0.2, -0.15) is 16.3 Å². The van der Waals surface area contributed by atoms with Crippen molar-refractivity contribution >= 4 is 17.2 Å². The normalized spacial score (nSPS) is 22.8. The Morgan fingerprint density at radius 1 is 1.42 bits per heavy atom. The highest BCUT2D eigenvalue weighted by Crippen LogP contribution is 2.29. The number of hydrogen-bond donors (Lipinski definition) is 3. The van der Waals surface area contributed by atoms with Gasteiger partial charge in [0.2, 0.25) is 0 Å². The zero-order chi connectivity index (χ0) is 18.3. The minimum atomic E-state index is -0.864. The van der Waals surface area contributed by atoms with Gasteiger partial charge in [0.25, 0.3) is 0 Å². The third kappa shape index (κ3) is 2.90. The summed E-state index contributed by atoms with van der Waals surface area (Å²) in [4.78, 5) is 16.0. The molecule has 3 atom stereocenters. The van der Waals surface area contributed by atoms with E-state index in [0.717, 1.165) is 5.69 Å². The summed E-state index contributed by atoms with van der Waals surface area (Å²) in [6, 6.07) is 1.90. The van der Waals surface area contributed by atoms with Crippen LogP contribution in [0, 0.1) is 0 Å². The number of aliphatic hydroxyl groups excluding tert-OH is 2. The summed E-state index contributed by atoms with van der Waals surface area (Å²) in [7, 11) is 0. The molecule has 136 valence electrons. The van der Waals surface area contributed by atoms with E-state index in [1.165, 1.54) is 22.1 Å². The summed E-state index contributed by atoms with van der Waals surface area (Å²) in [5.41, 5.74) is 7.04. The first-order chi connectivity index (χ1) is 12.6. The Labute approximate surface area is 151 Å². The lowest BCUT2D eigenvalue weighted by molar-refractivity contribution is -0.0458. The number of rotatable bonds is 4. The van der Waals surface area contributed by atoms with Crippen molar-refractivity contribution in [2.75, 3.05) is 12.3 Å². The minimum Gasteiger partial charge on any atom is -0.394 e. The van der Waals surface area contributed by atoms with E-state index in [1.807, 2.05) is 16.8 Å². The molecule has 11 heteroatoms. The Bertz CT molecular complexity index is 969. The first kappa shape index (κ1) is 16.8. The molecule has 0 bridgehead atoms. The molecule has 0 radical (unpaired) electrons. The number of thiophene rings is 1. The molecule has 3 aromatic rings. The maximum atomic E-state index is 12.2. The summed E-state index contributed by atoms with van der Waals surface area (Å²) < 4.78 is 8.37. The Hall–Kier alpha value is -2.60. The van der Waals surface area contributed by atoms with Crippen molar-refractivity contribution in [3.63, 3.8) is 0 Å². The standard InChI is InChI=1S/C15H16N6O4S/c16-14-9(10-5-21(19-18-10)8-1-2-26-7-8)4-20(15(24)17-14)13-3-11(23)12(6-22)25-13/h1-2,4-5,7,11-13,22-23H,3,6H2,(H2,16,17,24)/t11-,12+,13+/m0/s1. The predicted octanol–water partition coefficient (Wildman–Crippen LogP) is -0.225. The van der Waals surface area contributed by atoms with Crippen LogP contribution in [0.15, 0.2) is 34.0 Å². The molecule has 4 heterocycles. The van der Waals surface area contributed by atoms with Gasteiger partial charge in [0.15, 0.2) is 0 Å². The summed E-state index contributed by atoms with van der Waals surface area (Å²) in [6.07, 6.45) is 0.991. The highest BCUT2D eigenvalue weighted by Gasteiger charge is 2.35. The Balaban J connectivity index is 1.71. The van der Waals surface area contributed by atoms with Crippen molar-refractivity contribution in [1.82, 2.24) is 24.5 Å². The van der Waals surface area contributed by atoms with Crippen molar-refractivity contribution < 1.29 is 14.9 Å². The van der Waals surface area contributed by atoms with E-state index in [-0.39, 0.29) is 18.8 Å². The van der Waals surface area contributed by atoms with Crippen LogP contribution in [-0.4, -0.2) is 53.6 Å². The molecule has 0 aromatic carbocycles. The zero-order valence-corrected chi connectivity index (χ0v) is 14.3. The molecule has 1 aliphatic rings. The van der Waals surface area contributed by atoms with Crippen molar-refractivity contribution in [2.24, 2.45) is 0 Å². The molecule has 1 aliphatic heterocycles. The molecule has 4 rings (SSSR count). The molecule has 0 aliphatic carbocycles. The Morgan fingerprint density at radius 3 is 2.96 bits per heavy atom. The number of hydrogen-bond acceptors (Lipinski definition) is 9. The van der Waals surface area contributed by atoms with Gasteiger partial charge in [-0.1, -0.05) is 5.21 Å². The van der Waals surface area contributed by atoms with Crippen LogP contribution in [0.25, 0.3) is 16.9 Å². The molecular formula is C15H16N6O4S. The van der Waals surface area contributed by atoms with Crippen LogP contribution in [-0.2, 0) is 4.74 Å². The lowest BCUT2D eigenvalue weighted by Gasteiger charge is -2.15. The fraction of sp³-hybridized carbons (Fsp3) is 0.333. The van der Waals surface area contributed by atoms with Crippen LogP contribution in [0.4, 0.5) is 5.82 Å². The fourth-order valence-corrected chi connectivity index (χ4v) is 3.46. The first-order valence-corrected chi connectivity index (χ1v) is 8.79. The maximum Gasteiger partial charge on any atom is 0.351 e. The van der Waals surface area contributed by atoms with Crippen molar-refractivity contribution in [3.05, 3.63) is 39.7 Å². The molecule has 3 aromatic heterocycles. The quantitative estimate of drug-likeness (QED) is 0.567. The molecule has 4 N–H and O–H groups in total. The molecule has 0 amide bonds. The van der Waals surface area contributed by atoms with E-state index in [1.54, 1.807) is 10.9 Å². The van der Waals surface area contributed by atoms with Crippen molar-refractivity contribution in [1.29, 1.82) is 0 Å². The topological polar surface area (TPSA) is 141 Å². The molecule has 1 saturated heterocycles. The summed E-state index contributed by atoms with van der Waals surface area (Å²) in [5.74, 6) is 0.0286. The Morgan fingerprint density at radius 2 is 2.27 bits per heavy atom. The highest BCUT2D eigenvalue weighted by atomic mass is 32.1. The second-order valence-electron chi connectivity index (χ2n) is 5.87. The van der Waals surface area contributed by atoms with E-state index in [2.05, 4.69) is 15.3 Å². The molecule has 1 fully saturated rings. The van der Waals surface area contributed by atoms with Gasteiger partial charge in [-0.25, -0.2) is 9.48 Å². The smallest absolute Gasteiger partial charge is 0.351 e. The number of nitrogens with zero attached hydrogens (tertiary/aromatic N) is 5. The molecule has 0 unspecified atom stereocenters. The second-order valence-corrected chi connectivity index (χ2v) is 6.65. The van der Waals surface area contributed by atoms with Crippen LogP contribution in [0.1, 0.15) is 12.6 Å². The number of aromatic nitrogens is 5. The number of nitrogens with two attached hydrogens (primary N) is 1. The van der Waals surface area contributed by atoms with Crippen molar-refractivity contribution in [2.45, 2.75) is 24.9 Å². The van der Waals surface area contributed by atoms with E-state index in [9.17, 15) is 15.0 Å². The van der Waals surface area contributed by atoms with Gasteiger partial charge in [-0.3, -0.25) is 4.57 Å². The van der Waals surface area contributed by atoms with Crippen LogP contribution >= 0.6 is 11.3 Å². The van der Waals surface area contributed by atoms with Gasteiger partial charge in [-0.15, -0.1) is 5.10 Å². The third-order valence-corrected chi connectivity index (χ3v) is 4.89. The highest BCUT2D eigenvalue weighted by molar-refractivity contribution is 7.08. The second kappa shape index (κ2) is 6.61. The largest absolute Gasteiger partial charge is 0.394 e. The number of aliphatic hydroxyl groups is 2. The number of anilines is 1. The Kier molecular flexibility index (Phi) is 4.28. The van der Waals surface area contributed by atoms with E-state index in [0.29, 0.717) is 11.3 Å². The minimum absolute atomic E-state index is 0.0286. The van der Waals surface area contributed by atoms with E-state index >= 15 is 0 Å². The van der Waals surface area contributed by atoms with E-state index < -0.39 is 24.1 Å². The summed E-state index contributed by atoms with van der Waals surface area (Å²) in [5, 5.41) is 31.1. The SMILES string of the molecule is Nc1nc(=O)n([C@H]2C[C@H](O)[C@@H](CO)O2)cc1-c1cn(-c2ccsc2)nn1. The summed E-state index contributed by atoms with van der Waals surface area (Å²) >= 11 is 1.53. The van der Waals surface area contributed by atoms with Gasteiger partial charge in [0.1, 0.15) is 23.8 Å². The van der Waals surface area contributed by atoms with Crippen LogP contribution in [0.5, 0.6) is 0 Å². The fourth-order valence-electron chi connectivity index (χ4n) is 2.84. The zero-order valence-electron chi connectivity index (χ0n) is 13.5. The van der Waals surface area contributed by atoms with Gasteiger partial charge < -0.3 is 20.7 Å². The molecule has 0 saturated carbocycles. The average Bonchev–Trinajstić information content (AvgIpc) is 3.35.